The molecule has 0 spiro atoms. The Balaban J connectivity index is 1.68. The summed E-state index contributed by atoms with van der Waals surface area (Å²) in [6.45, 7) is 0. The molecule has 7 heteroatoms. The van der Waals surface area contributed by atoms with Gasteiger partial charge in [0.1, 0.15) is 6.04 Å². The predicted octanol–water partition coefficient (Wildman–Crippen LogP) is 2.84. The normalized spacial score (nSPS) is 26.8. The molecule has 0 aromatic heterocycles. The average molecular weight is 335 g/mol. The van der Waals surface area contributed by atoms with Gasteiger partial charge in [0.25, 0.3) is 11.6 Å². The number of amides is 3. The molecule has 1 unspecified atom stereocenters. The number of nitrogens with zero attached hydrogens (tertiary/aromatic N) is 3. The number of nitro benzene ring substituents is 1. The van der Waals surface area contributed by atoms with Gasteiger partial charge in [0.2, 0.25) is 0 Å². The average Bonchev–Trinajstić information content (AvgIpc) is 3.28. The lowest BCUT2D eigenvalue weighted by molar-refractivity contribution is -0.383. The van der Waals surface area contributed by atoms with Gasteiger partial charge in [-0.15, -0.1) is 0 Å². The van der Waals surface area contributed by atoms with Gasteiger partial charge in [0, 0.05) is 17.4 Å². The molecule has 1 aliphatic carbocycles. The number of carbonyl (C=O) groups is 2. The molecule has 2 aromatic rings. The van der Waals surface area contributed by atoms with Crippen LogP contribution in [0.4, 0.5) is 16.2 Å². The molecule has 2 aromatic carbocycles. The molecule has 25 heavy (non-hydrogen) atoms. The molecule has 5 rings (SSSR count). The minimum atomic E-state index is -0.456. The van der Waals surface area contributed by atoms with Crippen LogP contribution in [0.15, 0.2) is 48.6 Å². The van der Waals surface area contributed by atoms with Gasteiger partial charge in [-0.05, 0) is 18.6 Å². The third kappa shape index (κ3) is 1.69. The highest BCUT2D eigenvalue weighted by molar-refractivity contribution is 6.25. The van der Waals surface area contributed by atoms with E-state index in [2.05, 4.69) is 0 Å². The van der Waals surface area contributed by atoms with Crippen LogP contribution >= 0.6 is 0 Å². The highest BCUT2D eigenvalue weighted by Crippen LogP contribution is 2.45. The highest BCUT2D eigenvalue weighted by atomic mass is 16.6. The predicted molar refractivity (Wildman–Crippen MR) is 90.1 cm³/mol. The fraction of sp³-hybridized carbons (Fsp3) is 0.222. The van der Waals surface area contributed by atoms with E-state index in [1.165, 1.54) is 17.0 Å². The zero-order chi connectivity index (χ0) is 17.3. The van der Waals surface area contributed by atoms with Crippen molar-refractivity contribution in [3.8, 4) is 0 Å². The summed E-state index contributed by atoms with van der Waals surface area (Å²) in [5, 5.41) is 12.2. The van der Waals surface area contributed by atoms with Crippen molar-refractivity contribution in [1.82, 2.24) is 4.90 Å². The lowest BCUT2D eigenvalue weighted by Crippen LogP contribution is -2.38. The van der Waals surface area contributed by atoms with E-state index in [4.69, 9.17) is 0 Å². The van der Waals surface area contributed by atoms with E-state index in [1.54, 1.807) is 29.2 Å². The van der Waals surface area contributed by atoms with E-state index >= 15 is 0 Å². The Morgan fingerprint density at radius 1 is 1.04 bits per heavy atom. The van der Waals surface area contributed by atoms with Crippen LogP contribution < -0.4 is 4.90 Å². The summed E-state index contributed by atoms with van der Waals surface area (Å²) < 4.78 is 0. The van der Waals surface area contributed by atoms with Gasteiger partial charge in [-0.2, -0.15) is 0 Å². The van der Waals surface area contributed by atoms with Crippen LogP contribution in [0.3, 0.4) is 0 Å². The summed E-state index contributed by atoms with van der Waals surface area (Å²) in [5.74, 6) is -0.184. The van der Waals surface area contributed by atoms with E-state index in [0.717, 1.165) is 6.42 Å². The van der Waals surface area contributed by atoms with Crippen molar-refractivity contribution >= 4 is 34.1 Å². The number of carbonyl (C=O) groups excluding carboxylic acids is 2. The lowest BCUT2D eigenvalue weighted by Gasteiger charge is -2.22. The summed E-state index contributed by atoms with van der Waals surface area (Å²) in [4.78, 5) is 39.5. The Morgan fingerprint density at radius 3 is 2.52 bits per heavy atom. The molecule has 0 radical (unpaired) electrons. The van der Waals surface area contributed by atoms with Gasteiger partial charge in [0.05, 0.1) is 22.0 Å². The lowest BCUT2D eigenvalue weighted by atomic mass is 10.0. The number of fused-ring (bicyclic) bond motifs is 6. The largest absolute Gasteiger partial charge is 0.332 e. The summed E-state index contributed by atoms with van der Waals surface area (Å²) >= 11 is 0. The van der Waals surface area contributed by atoms with Gasteiger partial charge < -0.3 is 4.90 Å². The van der Waals surface area contributed by atoms with Crippen molar-refractivity contribution in [1.29, 1.82) is 0 Å². The van der Waals surface area contributed by atoms with Crippen LogP contribution in [0, 0.1) is 16.0 Å². The van der Waals surface area contributed by atoms with Crippen LogP contribution in [0.1, 0.15) is 6.42 Å². The molecular weight excluding hydrogens is 322 g/mol. The fourth-order valence-electron chi connectivity index (χ4n) is 4.31. The van der Waals surface area contributed by atoms with E-state index in [9.17, 15) is 19.7 Å². The molecule has 2 aliphatic heterocycles. The number of nitro groups is 1. The van der Waals surface area contributed by atoms with E-state index < -0.39 is 11.0 Å². The second-order valence-electron chi connectivity index (χ2n) is 6.57. The molecule has 124 valence electrons. The first-order valence-electron chi connectivity index (χ1n) is 8.08. The molecule has 2 heterocycles. The van der Waals surface area contributed by atoms with Gasteiger partial charge in [-0.3, -0.25) is 14.9 Å². The molecule has 3 amide bonds. The van der Waals surface area contributed by atoms with Crippen LogP contribution in [0.5, 0.6) is 0 Å². The maximum atomic E-state index is 12.9. The van der Waals surface area contributed by atoms with Crippen LogP contribution in [0.2, 0.25) is 0 Å². The second kappa shape index (κ2) is 4.66. The number of urea groups is 1. The van der Waals surface area contributed by atoms with Crippen LogP contribution in [-0.4, -0.2) is 33.8 Å². The highest BCUT2D eigenvalue weighted by Gasteiger charge is 2.57. The smallest absolute Gasteiger partial charge is 0.305 e. The van der Waals surface area contributed by atoms with Crippen molar-refractivity contribution in [3.63, 3.8) is 0 Å². The van der Waals surface area contributed by atoms with Crippen molar-refractivity contribution in [2.24, 2.45) is 5.92 Å². The Labute approximate surface area is 142 Å². The first-order valence-corrected chi connectivity index (χ1v) is 8.08. The van der Waals surface area contributed by atoms with Crippen molar-refractivity contribution < 1.29 is 14.5 Å². The molecule has 3 atom stereocenters. The van der Waals surface area contributed by atoms with Crippen molar-refractivity contribution in [3.05, 3.63) is 58.7 Å². The Kier molecular flexibility index (Phi) is 2.64. The first kappa shape index (κ1) is 14.2. The maximum absolute atomic E-state index is 12.9. The molecular formula is C18H13N3O4. The first-order chi connectivity index (χ1) is 12.1. The van der Waals surface area contributed by atoms with Gasteiger partial charge in [-0.25, -0.2) is 9.69 Å². The fourth-order valence-corrected chi connectivity index (χ4v) is 4.31. The van der Waals surface area contributed by atoms with Crippen molar-refractivity contribution in [2.45, 2.75) is 18.5 Å². The van der Waals surface area contributed by atoms with Crippen LogP contribution in [0.25, 0.3) is 10.8 Å². The number of non-ortho nitro benzene ring substituents is 1. The van der Waals surface area contributed by atoms with Crippen molar-refractivity contribution in [2.75, 3.05) is 4.90 Å². The van der Waals surface area contributed by atoms with Gasteiger partial charge in [-0.1, -0.05) is 30.4 Å². The number of hydrogen-bond acceptors (Lipinski definition) is 4. The minimum Gasteiger partial charge on any atom is -0.305 e. The molecule has 3 aliphatic rings. The molecule has 0 N–H and O–H groups in total. The van der Waals surface area contributed by atoms with E-state index in [1.807, 2.05) is 12.2 Å². The molecule has 2 saturated heterocycles. The number of anilines is 1. The van der Waals surface area contributed by atoms with Crippen LogP contribution in [-0.2, 0) is 4.79 Å². The molecule has 0 saturated carbocycles. The number of imide groups is 1. The zero-order valence-electron chi connectivity index (χ0n) is 13.0. The number of hydrogen-bond donors (Lipinski definition) is 0. The topological polar surface area (TPSA) is 83.8 Å². The SMILES string of the molecule is O=C1C2[C@H]3C=C[C@@H](C3)N2C(=O)N1c1ccc([N+](=O)[O-])c2ccccc12. The van der Waals surface area contributed by atoms with Gasteiger partial charge in [0.15, 0.2) is 0 Å². The molecule has 7 nitrogen and oxygen atoms in total. The summed E-state index contributed by atoms with van der Waals surface area (Å²) in [6, 6.07) is 8.82. The zero-order valence-corrected chi connectivity index (χ0v) is 13.0. The monoisotopic (exact) mass is 335 g/mol. The summed E-state index contributed by atoms with van der Waals surface area (Å²) in [7, 11) is 0. The number of benzene rings is 2. The van der Waals surface area contributed by atoms with E-state index in [0.29, 0.717) is 16.5 Å². The Morgan fingerprint density at radius 2 is 1.80 bits per heavy atom. The Bertz CT molecular complexity index is 969. The Hall–Kier alpha value is -3.22. The molecule has 2 fully saturated rings. The maximum Gasteiger partial charge on any atom is 0.332 e. The summed E-state index contributed by atoms with van der Waals surface area (Å²) in [5.41, 5.74) is 0.366. The summed E-state index contributed by atoms with van der Waals surface area (Å²) in [6.07, 6.45) is 4.79. The third-order valence-electron chi connectivity index (χ3n) is 5.36. The van der Waals surface area contributed by atoms with Gasteiger partial charge >= 0.3 is 6.03 Å². The standard InChI is InChI=1S/C18H13N3O4/c22-17-16-10-5-6-11(9-10)19(16)18(23)20(17)14-7-8-15(21(24)25)13-4-2-1-3-12(13)14/h1-8,10-11,16H,9H2/t10-,11-,16?/m0/s1. The quantitative estimate of drug-likeness (QED) is 0.366. The molecule has 2 bridgehead atoms. The minimum absolute atomic E-state index is 0.0271. The number of rotatable bonds is 2. The van der Waals surface area contributed by atoms with E-state index in [-0.39, 0.29) is 29.6 Å². The second-order valence-corrected chi connectivity index (χ2v) is 6.57. The third-order valence-corrected chi connectivity index (χ3v) is 5.36.